The molecule has 0 aliphatic carbocycles. The number of rotatable bonds is 6. The maximum atomic E-state index is 11.5. The maximum Gasteiger partial charge on any atom is 0.273 e. The summed E-state index contributed by atoms with van der Waals surface area (Å²) in [6.45, 7) is 1.54. The van der Waals surface area contributed by atoms with Crippen LogP contribution in [0.5, 0.6) is 0 Å². The lowest BCUT2D eigenvalue weighted by molar-refractivity contribution is -0.0537. The Morgan fingerprint density at radius 2 is 2.17 bits per heavy atom. The molecule has 8 heteroatoms. The van der Waals surface area contributed by atoms with Crippen LogP contribution < -0.4 is 5.56 Å². The fourth-order valence-corrected chi connectivity index (χ4v) is 2.44. The van der Waals surface area contributed by atoms with E-state index in [1.807, 2.05) is 6.92 Å². The Morgan fingerprint density at radius 3 is 2.78 bits per heavy atom. The third-order valence-electron chi connectivity index (χ3n) is 3.74. The highest BCUT2D eigenvalue weighted by atomic mass is 16.6. The minimum absolute atomic E-state index is 0.0606. The summed E-state index contributed by atoms with van der Waals surface area (Å²) in [6, 6.07) is 1.19. The number of unbranched alkanes of at least 4 members (excludes halogenated alkanes) is 1. The zero-order valence-electron chi connectivity index (χ0n) is 12.9. The van der Waals surface area contributed by atoms with Crippen LogP contribution in [0.15, 0.2) is 22.8 Å². The summed E-state index contributed by atoms with van der Waals surface area (Å²) in [6.07, 6.45) is 0.351. The molecule has 1 saturated heterocycles. The first-order chi connectivity index (χ1) is 11.0. The van der Waals surface area contributed by atoms with Crippen molar-refractivity contribution in [1.82, 2.24) is 9.55 Å². The predicted octanol–water partition coefficient (Wildman–Crippen LogP) is -0.0561. The van der Waals surface area contributed by atoms with E-state index < -0.39 is 36.7 Å². The zero-order valence-corrected chi connectivity index (χ0v) is 12.9. The van der Waals surface area contributed by atoms with Crippen LogP contribution in [0, 0.1) is 0 Å². The highest BCUT2D eigenvalue weighted by Crippen LogP contribution is 2.30. The Balaban J connectivity index is 2.34. The molecule has 0 unspecified atom stereocenters. The minimum atomic E-state index is -1.29. The van der Waals surface area contributed by atoms with Crippen LogP contribution >= 0.6 is 0 Å². The molecule has 0 aromatic carbocycles. The summed E-state index contributed by atoms with van der Waals surface area (Å²) in [4.78, 5) is 15.3. The lowest BCUT2D eigenvalue weighted by atomic mass is 10.1. The van der Waals surface area contributed by atoms with Gasteiger partial charge in [0.1, 0.15) is 24.1 Å². The lowest BCUT2D eigenvalue weighted by Crippen LogP contribution is -2.33. The number of aliphatic hydroxyl groups is 4. The molecule has 1 fully saturated rings. The van der Waals surface area contributed by atoms with Crippen molar-refractivity contribution < 1.29 is 25.2 Å². The van der Waals surface area contributed by atoms with E-state index in [1.54, 1.807) is 0 Å². The van der Waals surface area contributed by atoms with Crippen LogP contribution in [-0.4, -0.2) is 54.9 Å². The number of allylic oxidation sites excluding steroid dienone is 1. The summed E-state index contributed by atoms with van der Waals surface area (Å²) in [5.74, 6) is 0.173. The third-order valence-corrected chi connectivity index (χ3v) is 3.74. The maximum absolute atomic E-state index is 11.5. The van der Waals surface area contributed by atoms with Crippen LogP contribution in [0.2, 0.25) is 0 Å². The Kier molecular flexibility index (Phi) is 5.89. The van der Waals surface area contributed by atoms with Gasteiger partial charge < -0.3 is 29.7 Å². The number of ether oxygens (including phenoxy) is 1. The molecule has 0 saturated carbocycles. The predicted molar refractivity (Wildman–Crippen MR) is 81.6 cm³/mol. The Bertz CT molecular complexity index is 614. The van der Waals surface area contributed by atoms with Crippen molar-refractivity contribution in [3.63, 3.8) is 0 Å². The monoisotopic (exact) mass is 326 g/mol. The van der Waals surface area contributed by atoms with Gasteiger partial charge in [-0.25, -0.2) is 0 Å². The van der Waals surface area contributed by atoms with Crippen molar-refractivity contribution in [2.24, 2.45) is 0 Å². The zero-order chi connectivity index (χ0) is 17.0. The minimum Gasteiger partial charge on any atom is -0.512 e. The van der Waals surface area contributed by atoms with Crippen LogP contribution in [0.1, 0.15) is 38.2 Å². The van der Waals surface area contributed by atoms with Crippen molar-refractivity contribution in [2.45, 2.75) is 50.7 Å². The molecule has 4 atom stereocenters. The molecule has 0 radical (unpaired) electrons. The highest BCUT2D eigenvalue weighted by molar-refractivity contribution is 5.42. The molecule has 8 nitrogen and oxygen atoms in total. The van der Waals surface area contributed by atoms with Gasteiger partial charge in [0.25, 0.3) is 5.56 Å². The number of aliphatic hydroxyl groups excluding tert-OH is 4. The molecule has 1 aliphatic rings. The van der Waals surface area contributed by atoms with E-state index in [1.165, 1.54) is 22.9 Å². The first-order valence-corrected chi connectivity index (χ1v) is 7.59. The molecule has 23 heavy (non-hydrogen) atoms. The average Bonchev–Trinajstić information content (AvgIpc) is 2.81. The molecule has 1 aromatic rings. The Hall–Kier alpha value is -1.74. The summed E-state index contributed by atoms with van der Waals surface area (Å²) < 4.78 is 6.78. The van der Waals surface area contributed by atoms with Crippen molar-refractivity contribution in [1.29, 1.82) is 0 Å². The van der Waals surface area contributed by atoms with Gasteiger partial charge in [0.15, 0.2) is 6.23 Å². The quantitative estimate of drug-likeness (QED) is 0.540. The van der Waals surface area contributed by atoms with Crippen LogP contribution in [0.25, 0.3) is 6.08 Å². The molecule has 1 aromatic heterocycles. The van der Waals surface area contributed by atoms with E-state index in [-0.39, 0.29) is 11.6 Å². The van der Waals surface area contributed by atoms with Crippen molar-refractivity contribution >= 4 is 6.08 Å². The largest absolute Gasteiger partial charge is 0.512 e. The first kappa shape index (κ1) is 17.6. The molecular weight excluding hydrogens is 304 g/mol. The molecule has 2 rings (SSSR count). The molecule has 0 bridgehead atoms. The molecule has 128 valence electrons. The van der Waals surface area contributed by atoms with Gasteiger partial charge >= 0.3 is 0 Å². The highest BCUT2D eigenvalue weighted by Gasteiger charge is 2.43. The molecule has 0 spiro atoms. The van der Waals surface area contributed by atoms with Gasteiger partial charge in [0.2, 0.25) is 0 Å². The molecule has 1 aliphatic heterocycles. The fraction of sp³-hybridized carbons (Fsp3) is 0.600. The molecule has 0 amide bonds. The molecular formula is C15H22N2O6. The SMILES string of the molecule is CCCC/C(O)=C/c1nc(=O)ccn1[C@@H]1O[C@H](CO)[C@@H](O)[C@@H]1O. The molecule has 2 heterocycles. The van der Waals surface area contributed by atoms with Crippen LogP contribution in [0.4, 0.5) is 0 Å². The van der Waals surface area contributed by atoms with Crippen molar-refractivity contribution in [3.8, 4) is 0 Å². The topological polar surface area (TPSA) is 125 Å². The van der Waals surface area contributed by atoms with Gasteiger partial charge in [-0.1, -0.05) is 13.3 Å². The van der Waals surface area contributed by atoms with E-state index in [2.05, 4.69) is 4.98 Å². The third kappa shape index (κ3) is 3.97. The number of aromatic nitrogens is 2. The summed E-state index contributed by atoms with van der Waals surface area (Å²) in [7, 11) is 0. The Labute approximate surface area is 133 Å². The molecule has 4 N–H and O–H groups in total. The van der Waals surface area contributed by atoms with E-state index in [9.17, 15) is 20.1 Å². The average molecular weight is 326 g/mol. The van der Waals surface area contributed by atoms with Gasteiger partial charge in [-0.2, -0.15) is 4.98 Å². The number of hydrogen-bond acceptors (Lipinski definition) is 7. The Morgan fingerprint density at radius 1 is 1.43 bits per heavy atom. The summed E-state index contributed by atoms with van der Waals surface area (Å²) in [5, 5.41) is 39.0. The van der Waals surface area contributed by atoms with E-state index >= 15 is 0 Å². The van der Waals surface area contributed by atoms with E-state index in [4.69, 9.17) is 9.84 Å². The van der Waals surface area contributed by atoms with E-state index in [0.717, 1.165) is 12.8 Å². The lowest BCUT2D eigenvalue weighted by Gasteiger charge is -2.20. The second-order valence-corrected chi connectivity index (χ2v) is 5.50. The smallest absolute Gasteiger partial charge is 0.273 e. The fourth-order valence-electron chi connectivity index (χ4n) is 2.44. The van der Waals surface area contributed by atoms with Crippen LogP contribution in [-0.2, 0) is 4.74 Å². The van der Waals surface area contributed by atoms with Gasteiger partial charge in [0.05, 0.1) is 12.4 Å². The normalized spacial score (nSPS) is 28.3. The summed E-state index contributed by atoms with van der Waals surface area (Å²) >= 11 is 0. The number of nitrogens with zero attached hydrogens (tertiary/aromatic N) is 2. The van der Waals surface area contributed by atoms with Crippen molar-refractivity contribution in [3.05, 3.63) is 34.2 Å². The van der Waals surface area contributed by atoms with Gasteiger partial charge in [-0.05, 0) is 6.42 Å². The number of hydrogen-bond donors (Lipinski definition) is 4. The standard InChI is InChI=1S/C15H22N2O6/c1-2-3-4-9(19)7-11-16-12(20)5-6-17(11)15-14(22)13(21)10(8-18)23-15/h5-7,10,13-15,18-19,21-22H,2-4,8H2,1H3/b9-7-/t10-,13-,14+,15-/m1/s1. The van der Waals surface area contributed by atoms with E-state index in [0.29, 0.717) is 6.42 Å². The first-order valence-electron chi connectivity index (χ1n) is 7.59. The van der Waals surface area contributed by atoms with Crippen molar-refractivity contribution in [2.75, 3.05) is 6.61 Å². The van der Waals surface area contributed by atoms with Gasteiger partial charge in [0, 0.05) is 24.8 Å². The second kappa shape index (κ2) is 7.69. The second-order valence-electron chi connectivity index (χ2n) is 5.50. The van der Waals surface area contributed by atoms with Gasteiger partial charge in [-0.15, -0.1) is 0 Å². The summed E-state index contributed by atoms with van der Waals surface area (Å²) in [5.41, 5.74) is -0.498. The van der Waals surface area contributed by atoms with Crippen LogP contribution in [0.3, 0.4) is 0 Å². The van der Waals surface area contributed by atoms with Gasteiger partial charge in [-0.3, -0.25) is 4.79 Å².